The van der Waals surface area contributed by atoms with Crippen LogP contribution in [0.25, 0.3) is 16.6 Å². The lowest BCUT2D eigenvalue weighted by molar-refractivity contribution is 0.0995. The summed E-state index contributed by atoms with van der Waals surface area (Å²) in [4.78, 5) is 15.2. The van der Waals surface area contributed by atoms with Gasteiger partial charge in [-0.3, -0.25) is 4.79 Å². The third-order valence-electron chi connectivity index (χ3n) is 4.54. The molecule has 0 radical (unpaired) electrons. The molecule has 134 valence electrons. The average Bonchev–Trinajstić information content (AvgIpc) is 3.18. The fraction of sp³-hybridized carbons (Fsp3) is 0.0952. The normalized spacial score (nSPS) is 11.5. The van der Waals surface area contributed by atoms with Gasteiger partial charge in [-0.05, 0) is 56.3 Å². The maximum Gasteiger partial charge on any atom is 0.295 e. The molecule has 4 rings (SSSR count). The Kier molecular flexibility index (Phi) is 4.08. The molecule has 0 aliphatic carbocycles. The van der Waals surface area contributed by atoms with Gasteiger partial charge in [0.2, 0.25) is 5.88 Å². The first kappa shape index (κ1) is 16.8. The highest BCUT2D eigenvalue weighted by Crippen LogP contribution is 2.35. The summed E-state index contributed by atoms with van der Waals surface area (Å²) in [6, 6.07) is 18.6. The van der Waals surface area contributed by atoms with Crippen molar-refractivity contribution in [2.45, 2.75) is 13.8 Å². The van der Waals surface area contributed by atoms with Crippen molar-refractivity contribution in [2.75, 3.05) is 0 Å². The van der Waals surface area contributed by atoms with E-state index in [0.717, 1.165) is 22.6 Å². The lowest BCUT2D eigenvalue weighted by Gasteiger charge is -2.09. The van der Waals surface area contributed by atoms with Gasteiger partial charge < -0.3 is 14.7 Å². The number of amides is 1. The number of hydrogen-bond acceptors (Lipinski definition) is 3. The molecule has 0 atom stereocenters. The summed E-state index contributed by atoms with van der Waals surface area (Å²) in [6.45, 7) is 4.07. The smallest absolute Gasteiger partial charge is 0.295 e. The minimum atomic E-state index is -0.466. The Morgan fingerprint density at radius 1 is 0.963 bits per heavy atom. The molecular formula is C21H18N4O2. The number of rotatable bonds is 3. The Balaban J connectivity index is 1.60. The van der Waals surface area contributed by atoms with E-state index in [1.807, 2.05) is 44.2 Å². The van der Waals surface area contributed by atoms with Crippen molar-refractivity contribution >= 4 is 22.5 Å². The number of H-pyrrole nitrogens is 1. The van der Waals surface area contributed by atoms with Crippen LogP contribution in [0.2, 0.25) is 0 Å². The van der Waals surface area contributed by atoms with Gasteiger partial charge in [0.15, 0.2) is 5.69 Å². The van der Waals surface area contributed by atoms with Gasteiger partial charge in [0, 0.05) is 28.0 Å². The Morgan fingerprint density at radius 2 is 1.63 bits per heavy atom. The molecule has 2 heterocycles. The largest absolute Gasteiger partial charge is 0.493 e. The van der Waals surface area contributed by atoms with Gasteiger partial charge in [0.25, 0.3) is 5.91 Å². The topological polar surface area (TPSA) is 82.7 Å². The first-order valence-electron chi connectivity index (χ1n) is 8.56. The summed E-state index contributed by atoms with van der Waals surface area (Å²) in [5, 5.41) is 18.4. The second kappa shape index (κ2) is 6.57. The number of aromatic amines is 1. The predicted molar refractivity (Wildman–Crippen MR) is 104 cm³/mol. The van der Waals surface area contributed by atoms with Gasteiger partial charge in [-0.25, -0.2) is 0 Å². The molecule has 0 saturated carbocycles. The Hall–Kier alpha value is -3.67. The van der Waals surface area contributed by atoms with E-state index in [1.165, 1.54) is 0 Å². The van der Waals surface area contributed by atoms with Crippen LogP contribution in [0, 0.1) is 13.8 Å². The lowest BCUT2D eigenvalue weighted by Crippen LogP contribution is -2.00. The number of benzene rings is 2. The molecule has 6 nitrogen and oxygen atoms in total. The Morgan fingerprint density at radius 3 is 2.33 bits per heavy atom. The Labute approximate surface area is 155 Å². The van der Waals surface area contributed by atoms with E-state index in [4.69, 9.17) is 0 Å². The monoisotopic (exact) mass is 358 g/mol. The quantitative estimate of drug-likeness (QED) is 0.493. The first-order valence-corrected chi connectivity index (χ1v) is 8.56. The number of azo groups is 1. The molecule has 0 saturated heterocycles. The zero-order valence-electron chi connectivity index (χ0n) is 15.0. The molecular weight excluding hydrogens is 340 g/mol. The summed E-state index contributed by atoms with van der Waals surface area (Å²) in [7, 11) is 0. The maximum absolute atomic E-state index is 12.4. The van der Waals surface area contributed by atoms with Crippen molar-refractivity contribution in [3.8, 4) is 11.6 Å². The zero-order chi connectivity index (χ0) is 19.0. The first-order chi connectivity index (χ1) is 13.0. The van der Waals surface area contributed by atoms with Crippen molar-refractivity contribution < 1.29 is 9.90 Å². The van der Waals surface area contributed by atoms with E-state index >= 15 is 0 Å². The van der Waals surface area contributed by atoms with Crippen LogP contribution < -0.4 is 0 Å². The number of aromatic hydroxyl groups is 1. The molecule has 0 aliphatic heterocycles. The third-order valence-corrected chi connectivity index (χ3v) is 4.54. The van der Waals surface area contributed by atoms with Crippen molar-refractivity contribution in [1.82, 2.24) is 9.55 Å². The molecule has 0 unspecified atom stereocenters. The number of aryl methyl sites for hydroxylation is 2. The maximum atomic E-state index is 12.4. The van der Waals surface area contributed by atoms with Gasteiger partial charge >= 0.3 is 0 Å². The van der Waals surface area contributed by atoms with Gasteiger partial charge in [0.1, 0.15) is 0 Å². The summed E-state index contributed by atoms with van der Waals surface area (Å²) in [6.07, 6.45) is 0. The summed E-state index contributed by atoms with van der Waals surface area (Å²) in [5.74, 6) is -0.575. The Bertz CT molecular complexity index is 1150. The van der Waals surface area contributed by atoms with Gasteiger partial charge in [0.05, 0.1) is 5.52 Å². The van der Waals surface area contributed by atoms with E-state index in [9.17, 15) is 9.90 Å². The standard InChI is InChI=1S/C21H18N4O2/c1-13-7-8-14(2)25(13)16-11-9-15(10-12-16)20(26)24-23-19-17-5-3-4-6-18(17)22-21(19)27/h3-12,22,27H,1-2H3. The van der Waals surface area contributed by atoms with Crippen molar-refractivity contribution in [3.63, 3.8) is 0 Å². The highest BCUT2D eigenvalue weighted by atomic mass is 16.3. The molecule has 2 aromatic carbocycles. The number of carbonyl (C=O) groups is 1. The van der Waals surface area contributed by atoms with Gasteiger partial charge in [-0.15, -0.1) is 10.2 Å². The number of nitrogens with one attached hydrogen (secondary N) is 1. The number of aromatic nitrogens is 2. The number of hydrogen-bond donors (Lipinski definition) is 2. The molecule has 1 amide bonds. The molecule has 6 heteroatoms. The second-order valence-electron chi connectivity index (χ2n) is 6.37. The van der Waals surface area contributed by atoms with Gasteiger partial charge in [-0.1, -0.05) is 18.2 Å². The SMILES string of the molecule is Cc1ccc(C)n1-c1ccc(C(=O)N=Nc2c(O)[nH]c3ccccc23)cc1. The van der Waals surface area contributed by atoms with E-state index in [-0.39, 0.29) is 11.6 Å². The predicted octanol–water partition coefficient (Wildman–Crippen LogP) is 5.21. The minimum absolute atomic E-state index is 0.110. The highest BCUT2D eigenvalue weighted by Gasteiger charge is 2.11. The van der Waals surface area contributed by atoms with Crippen LogP contribution in [0.5, 0.6) is 5.88 Å². The lowest BCUT2D eigenvalue weighted by atomic mass is 10.2. The summed E-state index contributed by atoms with van der Waals surface area (Å²) < 4.78 is 2.11. The van der Waals surface area contributed by atoms with E-state index in [2.05, 4.69) is 31.9 Å². The number of fused-ring (bicyclic) bond motifs is 1. The van der Waals surface area contributed by atoms with Gasteiger partial charge in [-0.2, -0.15) is 0 Å². The van der Waals surface area contributed by atoms with Crippen molar-refractivity contribution in [3.05, 3.63) is 77.6 Å². The van der Waals surface area contributed by atoms with E-state index < -0.39 is 5.91 Å². The molecule has 2 N–H and O–H groups in total. The van der Waals surface area contributed by atoms with E-state index in [0.29, 0.717) is 10.9 Å². The molecule has 0 spiro atoms. The zero-order valence-corrected chi connectivity index (χ0v) is 15.0. The summed E-state index contributed by atoms with van der Waals surface area (Å²) in [5.41, 5.74) is 4.66. The molecule has 4 aromatic rings. The van der Waals surface area contributed by atoms with Crippen LogP contribution in [0.4, 0.5) is 5.69 Å². The van der Waals surface area contributed by atoms with Crippen LogP contribution >= 0.6 is 0 Å². The fourth-order valence-corrected chi connectivity index (χ4v) is 3.20. The van der Waals surface area contributed by atoms with E-state index in [1.54, 1.807) is 18.2 Å². The van der Waals surface area contributed by atoms with Crippen LogP contribution in [-0.2, 0) is 0 Å². The second-order valence-corrected chi connectivity index (χ2v) is 6.37. The van der Waals surface area contributed by atoms with Crippen LogP contribution in [0.1, 0.15) is 21.7 Å². The molecule has 27 heavy (non-hydrogen) atoms. The average molecular weight is 358 g/mol. The highest BCUT2D eigenvalue weighted by molar-refractivity contribution is 5.97. The van der Waals surface area contributed by atoms with Crippen molar-refractivity contribution in [1.29, 1.82) is 0 Å². The molecule has 0 bridgehead atoms. The molecule has 0 aliphatic rings. The van der Waals surface area contributed by atoms with Crippen molar-refractivity contribution in [2.24, 2.45) is 10.2 Å². The number of nitrogens with zero attached hydrogens (tertiary/aromatic N) is 3. The number of carbonyl (C=O) groups excluding carboxylic acids is 1. The van der Waals surface area contributed by atoms with Crippen LogP contribution in [0.15, 0.2) is 70.9 Å². The number of para-hydroxylation sites is 1. The van der Waals surface area contributed by atoms with Crippen LogP contribution in [0.3, 0.4) is 0 Å². The fourth-order valence-electron chi connectivity index (χ4n) is 3.20. The molecule has 0 fully saturated rings. The summed E-state index contributed by atoms with van der Waals surface area (Å²) >= 11 is 0. The third kappa shape index (κ3) is 3.01. The molecule has 2 aromatic heterocycles. The van der Waals surface area contributed by atoms with Crippen LogP contribution in [-0.4, -0.2) is 20.6 Å². The minimum Gasteiger partial charge on any atom is -0.493 e.